The second-order valence-corrected chi connectivity index (χ2v) is 5.60. The number of nitrogens with zero attached hydrogens (tertiary/aromatic N) is 1. The molecule has 1 fully saturated rings. The molecule has 0 bridgehead atoms. The molecule has 2 aliphatic heterocycles. The number of amides is 2. The van der Waals surface area contributed by atoms with Gasteiger partial charge in [-0.1, -0.05) is 6.92 Å². The minimum atomic E-state index is -0.163. The van der Waals surface area contributed by atoms with E-state index in [0.717, 1.165) is 25.8 Å². The van der Waals surface area contributed by atoms with Gasteiger partial charge in [0.1, 0.15) is 5.75 Å². The van der Waals surface area contributed by atoms with E-state index in [1.54, 1.807) is 18.2 Å². The van der Waals surface area contributed by atoms with Crippen molar-refractivity contribution in [2.45, 2.75) is 38.6 Å². The van der Waals surface area contributed by atoms with Crippen molar-refractivity contribution in [2.24, 2.45) is 0 Å². The number of ether oxygens (including phenoxy) is 1. The molecule has 0 aromatic heterocycles. The summed E-state index contributed by atoms with van der Waals surface area (Å²) in [6.45, 7) is 2.96. The zero-order valence-electron chi connectivity index (χ0n) is 12.2. The molecular formula is C16H20N2O3. The van der Waals surface area contributed by atoms with Gasteiger partial charge in [0.15, 0.2) is 6.61 Å². The Bertz CT molecular complexity index is 571. The summed E-state index contributed by atoms with van der Waals surface area (Å²) in [5, 5.41) is 2.74. The van der Waals surface area contributed by atoms with Crippen LogP contribution in [-0.2, 0) is 4.79 Å². The number of fused-ring (bicyclic) bond motifs is 1. The van der Waals surface area contributed by atoms with E-state index in [-0.39, 0.29) is 18.4 Å². The number of rotatable bonds is 2. The van der Waals surface area contributed by atoms with E-state index < -0.39 is 0 Å². The van der Waals surface area contributed by atoms with Gasteiger partial charge in [0.2, 0.25) is 0 Å². The Balaban J connectivity index is 1.83. The normalized spacial score (nSPS) is 21.3. The van der Waals surface area contributed by atoms with E-state index in [9.17, 15) is 9.59 Å². The first kappa shape index (κ1) is 13.9. The van der Waals surface area contributed by atoms with Crippen molar-refractivity contribution < 1.29 is 14.3 Å². The summed E-state index contributed by atoms with van der Waals surface area (Å²) in [4.78, 5) is 25.9. The van der Waals surface area contributed by atoms with Crippen LogP contribution >= 0.6 is 0 Å². The van der Waals surface area contributed by atoms with E-state index in [1.807, 2.05) is 4.90 Å². The van der Waals surface area contributed by atoms with E-state index >= 15 is 0 Å². The second-order valence-electron chi connectivity index (χ2n) is 5.60. The van der Waals surface area contributed by atoms with E-state index in [0.29, 0.717) is 23.0 Å². The monoisotopic (exact) mass is 288 g/mol. The molecule has 3 rings (SSSR count). The topological polar surface area (TPSA) is 58.6 Å². The van der Waals surface area contributed by atoms with Crippen molar-refractivity contribution in [1.29, 1.82) is 0 Å². The van der Waals surface area contributed by atoms with Crippen molar-refractivity contribution in [2.75, 3.05) is 18.5 Å². The molecule has 21 heavy (non-hydrogen) atoms. The Morgan fingerprint density at radius 1 is 1.43 bits per heavy atom. The van der Waals surface area contributed by atoms with Gasteiger partial charge in [-0.2, -0.15) is 0 Å². The molecule has 2 aliphatic rings. The number of benzene rings is 1. The van der Waals surface area contributed by atoms with Gasteiger partial charge in [-0.05, 0) is 43.9 Å². The van der Waals surface area contributed by atoms with Crippen LogP contribution < -0.4 is 10.1 Å². The summed E-state index contributed by atoms with van der Waals surface area (Å²) >= 11 is 0. The highest BCUT2D eigenvalue weighted by atomic mass is 16.5. The van der Waals surface area contributed by atoms with Crippen LogP contribution in [0.1, 0.15) is 43.0 Å². The van der Waals surface area contributed by atoms with Gasteiger partial charge in [0.25, 0.3) is 11.8 Å². The minimum absolute atomic E-state index is 0.00590. The number of carbonyl (C=O) groups is 2. The molecule has 5 nitrogen and oxygen atoms in total. The lowest BCUT2D eigenvalue weighted by Crippen LogP contribution is -2.43. The van der Waals surface area contributed by atoms with Crippen LogP contribution in [0, 0.1) is 0 Å². The lowest BCUT2D eigenvalue weighted by Gasteiger charge is -2.35. The quantitative estimate of drug-likeness (QED) is 0.909. The average molecular weight is 288 g/mol. The fourth-order valence-corrected chi connectivity index (χ4v) is 3.07. The highest BCUT2D eigenvalue weighted by molar-refractivity contribution is 5.99. The first-order valence-corrected chi connectivity index (χ1v) is 7.56. The van der Waals surface area contributed by atoms with Crippen molar-refractivity contribution in [1.82, 2.24) is 4.90 Å². The molecule has 0 aliphatic carbocycles. The predicted octanol–water partition coefficient (Wildman–Crippen LogP) is 2.42. The number of carbonyl (C=O) groups excluding carboxylic acids is 2. The lowest BCUT2D eigenvalue weighted by molar-refractivity contribution is -0.118. The Labute approximate surface area is 124 Å². The molecule has 1 saturated heterocycles. The third-order valence-electron chi connectivity index (χ3n) is 4.22. The molecule has 112 valence electrons. The molecule has 0 saturated carbocycles. The maximum atomic E-state index is 12.7. The van der Waals surface area contributed by atoms with Gasteiger partial charge in [0.05, 0.1) is 5.69 Å². The van der Waals surface area contributed by atoms with Gasteiger partial charge in [-0.25, -0.2) is 0 Å². The SMILES string of the molecule is CCC1CCCCN1C(=O)c1ccc2c(c1)OCC(=O)N2. The maximum Gasteiger partial charge on any atom is 0.262 e. The van der Waals surface area contributed by atoms with Crippen LogP contribution in [0.15, 0.2) is 18.2 Å². The molecule has 1 atom stereocenters. The number of piperidine rings is 1. The van der Waals surface area contributed by atoms with Crippen molar-refractivity contribution in [3.8, 4) is 5.75 Å². The number of likely N-dealkylation sites (tertiary alicyclic amines) is 1. The van der Waals surface area contributed by atoms with Crippen LogP contribution in [0.25, 0.3) is 0 Å². The molecule has 1 aromatic rings. The number of nitrogens with one attached hydrogen (secondary N) is 1. The summed E-state index contributed by atoms with van der Waals surface area (Å²) < 4.78 is 5.38. The van der Waals surface area contributed by atoms with Crippen molar-refractivity contribution in [3.63, 3.8) is 0 Å². The Kier molecular flexibility index (Phi) is 3.82. The largest absolute Gasteiger partial charge is 0.482 e. The lowest BCUT2D eigenvalue weighted by atomic mass is 9.98. The number of anilines is 1. The fourth-order valence-electron chi connectivity index (χ4n) is 3.07. The van der Waals surface area contributed by atoms with Crippen LogP contribution in [0.2, 0.25) is 0 Å². The zero-order chi connectivity index (χ0) is 14.8. The molecule has 0 spiro atoms. The molecule has 2 amide bonds. The molecule has 0 radical (unpaired) electrons. The Hall–Kier alpha value is -2.04. The average Bonchev–Trinajstić information content (AvgIpc) is 2.53. The number of hydrogen-bond acceptors (Lipinski definition) is 3. The highest BCUT2D eigenvalue weighted by Gasteiger charge is 2.27. The zero-order valence-corrected chi connectivity index (χ0v) is 12.2. The minimum Gasteiger partial charge on any atom is -0.482 e. The van der Waals surface area contributed by atoms with Gasteiger partial charge < -0.3 is 15.0 Å². The third-order valence-corrected chi connectivity index (χ3v) is 4.22. The van der Waals surface area contributed by atoms with Crippen LogP contribution in [0.4, 0.5) is 5.69 Å². The van der Waals surface area contributed by atoms with Crippen LogP contribution in [-0.4, -0.2) is 35.9 Å². The summed E-state index contributed by atoms with van der Waals surface area (Å²) in [5.41, 5.74) is 1.26. The molecule has 5 heteroatoms. The highest BCUT2D eigenvalue weighted by Crippen LogP contribution is 2.30. The van der Waals surface area contributed by atoms with Crippen molar-refractivity contribution >= 4 is 17.5 Å². The van der Waals surface area contributed by atoms with E-state index in [4.69, 9.17) is 4.74 Å². The van der Waals surface area contributed by atoms with Gasteiger partial charge in [0, 0.05) is 18.2 Å². The fraction of sp³-hybridized carbons (Fsp3) is 0.500. The molecular weight excluding hydrogens is 268 g/mol. The summed E-state index contributed by atoms with van der Waals surface area (Å²) in [5.74, 6) is 0.471. The Morgan fingerprint density at radius 2 is 2.29 bits per heavy atom. The van der Waals surface area contributed by atoms with Crippen LogP contribution in [0.5, 0.6) is 5.75 Å². The Morgan fingerprint density at radius 3 is 3.10 bits per heavy atom. The smallest absolute Gasteiger partial charge is 0.262 e. The molecule has 1 aromatic carbocycles. The summed E-state index contributed by atoms with van der Waals surface area (Å²) in [6, 6.07) is 5.57. The molecule has 1 N–H and O–H groups in total. The first-order chi connectivity index (χ1) is 10.2. The summed E-state index contributed by atoms with van der Waals surface area (Å²) in [6.07, 6.45) is 4.34. The summed E-state index contributed by atoms with van der Waals surface area (Å²) in [7, 11) is 0. The van der Waals surface area contributed by atoms with E-state index in [1.165, 1.54) is 6.42 Å². The van der Waals surface area contributed by atoms with Gasteiger partial charge >= 0.3 is 0 Å². The maximum absolute atomic E-state index is 12.7. The second kappa shape index (κ2) is 5.76. The first-order valence-electron chi connectivity index (χ1n) is 7.56. The molecule has 2 heterocycles. The van der Waals surface area contributed by atoms with Gasteiger partial charge in [-0.15, -0.1) is 0 Å². The molecule has 1 unspecified atom stereocenters. The predicted molar refractivity (Wildman–Crippen MR) is 79.5 cm³/mol. The van der Waals surface area contributed by atoms with Gasteiger partial charge in [-0.3, -0.25) is 9.59 Å². The number of hydrogen-bond donors (Lipinski definition) is 1. The van der Waals surface area contributed by atoms with Crippen molar-refractivity contribution in [3.05, 3.63) is 23.8 Å². The van der Waals surface area contributed by atoms with Crippen LogP contribution in [0.3, 0.4) is 0 Å². The third kappa shape index (κ3) is 2.73. The van der Waals surface area contributed by atoms with E-state index in [2.05, 4.69) is 12.2 Å². The standard InChI is InChI=1S/C16H20N2O3/c1-2-12-5-3-4-8-18(12)16(20)11-6-7-13-14(9-11)21-10-15(19)17-13/h6-7,9,12H,2-5,8,10H2,1H3,(H,17,19).